The molecule has 0 heterocycles. The molecule has 0 radical (unpaired) electrons. The van der Waals surface area contributed by atoms with Crippen LogP contribution in [-0.2, 0) is 4.79 Å². The van der Waals surface area contributed by atoms with Crippen LogP contribution in [0.5, 0.6) is 0 Å². The Morgan fingerprint density at radius 3 is 2.50 bits per heavy atom. The first kappa shape index (κ1) is 14.9. The number of nitrogens with one attached hydrogen (secondary N) is 2. The Morgan fingerprint density at radius 1 is 1.31 bits per heavy atom. The topological polar surface area (TPSA) is 41.1 Å². The molecule has 0 saturated carbocycles. The number of halogens is 1. The van der Waals surface area contributed by atoms with E-state index in [1.54, 1.807) is 0 Å². The smallest absolute Gasteiger partial charge is 0.238 e. The van der Waals surface area contributed by atoms with Crippen molar-refractivity contribution >= 4 is 24.0 Å². The quantitative estimate of drug-likeness (QED) is 0.851. The maximum absolute atomic E-state index is 11.5. The molecule has 3 nitrogen and oxygen atoms in total. The fourth-order valence-corrected chi connectivity index (χ4v) is 1.20. The summed E-state index contributed by atoms with van der Waals surface area (Å²) in [6.45, 7) is 6.36. The summed E-state index contributed by atoms with van der Waals surface area (Å²) in [7, 11) is 0. The lowest BCUT2D eigenvalue weighted by Crippen LogP contribution is -2.32. The molecule has 0 fully saturated rings. The Balaban J connectivity index is 0.00000225. The molecule has 0 aromatic heterocycles. The number of hydrogen-bond donors (Lipinski definition) is 2. The summed E-state index contributed by atoms with van der Waals surface area (Å²) in [5.41, 5.74) is 1.96. The predicted octanol–water partition coefficient (Wildman–Crippen LogP) is 2.35. The zero-order valence-corrected chi connectivity index (χ0v) is 10.7. The van der Waals surface area contributed by atoms with Gasteiger partial charge in [0.05, 0.1) is 6.54 Å². The van der Waals surface area contributed by atoms with Crippen molar-refractivity contribution in [3.8, 4) is 0 Å². The zero-order chi connectivity index (χ0) is 11.3. The molecule has 1 amide bonds. The zero-order valence-electron chi connectivity index (χ0n) is 9.91. The normalized spacial score (nSPS) is 9.75. The van der Waals surface area contributed by atoms with Crippen molar-refractivity contribution in [1.29, 1.82) is 0 Å². The minimum Gasteiger partial charge on any atom is -0.325 e. The molecule has 90 valence electrons. The number of aryl methyl sites for hydroxylation is 1. The van der Waals surface area contributed by atoms with Crippen LogP contribution in [0.2, 0.25) is 0 Å². The lowest BCUT2D eigenvalue weighted by atomic mass is 10.2. The highest BCUT2D eigenvalue weighted by Crippen LogP contribution is 2.12. The van der Waals surface area contributed by atoms with Gasteiger partial charge in [0.1, 0.15) is 0 Å². The molecule has 0 aliphatic rings. The van der Waals surface area contributed by atoms with E-state index in [9.17, 15) is 4.79 Å². The minimum absolute atomic E-state index is 0. The number of benzene rings is 1. The number of rotatable bonds is 4. The first-order valence-electron chi connectivity index (χ1n) is 5.18. The highest BCUT2D eigenvalue weighted by atomic mass is 35.5. The van der Waals surface area contributed by atoms with Gasteiger partial charge in [-0.25, -0.2) is 0 Å². The molecule has 0 aliphatic heterocycles. The van der Waals surface area contributed by atoms with Crippen molar-refractivity contribution in [2.45, 2.75) is 26.8 Å². The molecular weight excluding hydrogens is 224 g/mol. The van der Waals surface area contributed by atoms with Gasteiger partial charge in [0.2, 0.25) is 5.91 Å². The van der Waals surface area contributed by atoms with E-state index in [0.717, 1.165) is 11.3 Å². The van der Waals surface area contributed by atoms with Crippen molar-refractivity contribution < 1.29 is 4.79 Å². The highest BCUT2D eigenvalue weighted by Gasteiger charge is 2.04. The van der Waals surface area contributed by atoms with Crippen molar-refractivity contribution in [2.75, 3.05) is 11.9 Å². The van der Waals surface area contributed by atoms with Crippen LogP contribution in [0, 0.1) is 6.92 Å². The second-order valence-electron chi connectivity index (χ2n) is 3.90. The minimum atomic E-state index is -0.00185. The van der Waals surface area contributed by atoms with E-state index in [-0.39, 0.29) is 18.3 Å². The molecule has 4 heteroatoms. The van der Waals surface area contributed by atoms with Crippen LogP contribution in [0.4, 0.5) is 5.69 Å². The Hall–Kier alpha value is -1.06. The van der Waals surface area contributed by atoms with Crippen LogP contribution < -0.4 is 10.6 Å². The van der Waals surface area contributed by atoms with Gasteiger partial charge in [-0.05, 0) is 18.6 Å². The Labute approximate surface area is 103 Å². The second-order valence-corrected chi connectivity index (χ2v) is 3.90. The molecule has 1 aromatic carbocycles. The van der Waals surface area contributed by atoms with Gasteiger partial charge in [-0.3, -0.25) is 4.79 Å². The van der Waals surface area contributed by atoms with E-state index in [0.29, 0.717) is 12.6 Å². The molecule has 0 unspecified atom stereocenters. The van der Waals surface area contributed by atoms with Crippen molar-refractivity contribution in [1.82, 2.24) is 5.32 Å². The molecule has 1 aromatic rings. The van der Waals surface area contributed by atoms with E-state index >= 15 is 0 Å². The first-order valence-corrected chi connectivity index (χ1v) is 5.18. The molecule has 0 saturated heterocycles. The summed E-state index contributed by atoms with van der Waals surface area (Å²) in [6.07, 6.45) is 0. The van der Waals surface area contributed by atoms with Crippen LogP contribution in [0.3, 0.4) is 0 Å². The molecule has 0 bridgehead atoms. The van der Waals surface area contributed by atoms with Gasteiger partial charge >= 0.3 is 0 Å². The molecule has 0 aliphatic carbocycles. The summed E-state index contributed by atoms with van der Waals surface area (Å²) in [4.78, 5) is 11.5. The van der Waals surface area contributed by atoms with E-state index in [1.807, 2.05) is 45.0 Å². The molecular formula is C12H19ClN2O. The van der Waals surface area contributed by atoms with Gasteiger partial charge in [0, 0.05) is 11.7 Å². The summed E-state index contributed by atoms with van der Waals surface area (Å²) in [6, 6.07) is 8.08. The standard InChI is InChI=1S/C12H18N2O.ClH/c1-9(2)13-8-12(15)14-11-7-5-4-6-10(11)3;/h4-7,9,13H,8H2,1-3H3,(H,14,15);1H. The Kier molecular flexibility index (Phi) is 6.77. The Bertz CT molecular complexity index is 340. The lowest BCUT2D eigenvalue weighted by molar-refractivity contribution is -0.115. The molecule has 2 N–H and O–H groups in total. The van der Waals surface area contributed by atoms with E-state index in [1.165, 1.54) is 0 Å². The monoisotopic (exact) mass is 242 g/mol. The SMILES string of the molecule is Cc1ccccc1NC(=O)CNC(C)C.Cl. The third-order valence-electron chi connectivity index (χ3n) is 2.09. The van der Waals surface area contributed by atoms with Crippen molar-refractivity contribution in [2.24, 2.45) is 0 Å². The van der Waals surface area contributed by atoms with Crippen LogP contribution >= 0.6 is 12.4 Å². The lowest BCUT2D eigenvalue weighted by Gasteiger charge is -2.10. The van der Waals surface area contributed by atoms with Gasteiger partial charge in [-0.2, -0.15) is 0 Å². The summed E-state index contributed by atoms with van der Waals surface area (Å²) in [5, 5.41) is 5.94. The largest absolute Gasteiger partial charge is 0.325 e. The van der Waals surface area contributed by atoms with Crippen molar-refractivity contribution in [3.05, 3.63) is 29.8 Å². The maximum Gasteiger partial charge on any atom is 0.238 e. The van der Waals surface area contributed by atoms with E-state index in [2.05, 4.69) is 10.6 Å². The van der Waals surface area contributed by atoms with Gasteiger partial charge < -0.3 is 10.6 Å². The summed E-state index contributed by atoms with van der Waals surface area (Å²) in [5.74, 6) is -0.00185. The number of hydrogen-bond acceptors (Lipinski definition) is 2. The molecule has 0 spiro atoms. The summed E-state index contributed by atoms with van der Waals surface area (Å²) >= 11 is 0. The van der Waals surface area contributed by atoms with E-state index < -0.39 is 0 Å². The van der Waals surface area contributed by atoms with Crippen LogP contribution in [0.15, 0.2) is 24.3 Å². The molecule has 0 atom stereocenters. The van der Waals surface area contributed by atoms with Crippen LogP contribution in [0.25, 0.3) is 0 Å². The summed E-state index contributed by atoms with van der Waals surface area (Å²) < 4.78 is 0. The van der Waals surface area contributed by atoms with Crippen LogP contribution in [0.1, 0.15) is 19.4 Å². The fourth-order valence-electron chi connectivity index (χ4n) is 1.20. The number of carbonyl (C=O) groups excluding carboxylic acids is 1. The number of amides is 1. The van der Waals surface area contributed by atoms with Gasteiger partial charge in [0.25, 0.3) is 0 Å². The average Bonchev–Trinajstić information content (AvgIpc) is 2.18. The number of carbonyl (C=O) groups is 1. The highest BCUT2D eigenvalue weighted by molar-refractivity contribution is 5.92. The maximum atomic E-state index is 11.5. The van der Waals surface area contributed by atoms with Gasteiger partial charge in [0.15, 0.2) is 0 Å². The van der Waals surface area contributed by atoms with Crippen molar-refractivity contribution in [3.63, 3.8) is 0 Å². The van der Waals surface area contributed by atoms with E-state index in [4.69, 9.17) is 0 Å². The Morgan fingerprint density at radius 2 is 1.94 bits per heavy atom. The predicted molar refractivity (Wildman–Crippen MR) is 70.2 cm³/mol. The number of para-hydroxylation sites is 1. The number of anilines is 1. The average molecular weight is 243 g/mol. The first-order chi connectivity index (χ1) is 7.09. The van der Waals surface area contributed by atoms with Gasteiger partial charge in [-0.1, -0.05) is 32.0 Å². The fraction of sp³-hybridized carbons (Fsp3) is 0.417. The van der Waals surface area contributed by atoms with Gasteiger partial charge in [-0.15, -0.1) is 12.4 Å². The molecule has 1 rings (SSSR count). The van der Waals surface area contributed by atoms with Crippen LogP contribution in [-0.4, -0.2) is 18.5 Å². The molecule has 16 heavy (non-hydrogen) atoms. The third-order valence-corrected chi connectivity index (χ3v) is 2.09. The third kappa shape index (κ3) is 5.14. The second kappa shape index (κ2) is 7.25.